The number of nitrogens with one attached hydrogen (secondary N) is 1. The number of aryl methyl sites for hydroxylation is 1. The third-order valence-corrected chi connectivity index (χ3v) is 7.26. The molecule has 1 saturated heterocycles. The van der Waals surface area contributed by atoms with Gasteiger partial charge in [0, 0.05) is 42.5 Å². The average molecular weight is 464 g/mol. The summed E-state index contributed by atoms with van der Waals surface area (Å²) in [5.41, 5.74) is 6.39. The standard InChI is InChI=1S/C25H29N5O2S/c1-16-13-21(22-15-33-25(27-22)26-14-20-11-8-12-32-20)17(2)29(16)23-18(3)28(4)30(24(23)31)19-9-6-5-7-10-19/h5-7,9-10,13,15,20H,8,11-12,14H2,1-4H3,(H,26,27)/t20-/m0/s1. The molecular weight excluding hydrogens is 434 g/mol. The maximum Gasteiger partial charge on any atom is 0.295 e. The number of aromatic nitrogens is 4. The van der Waals surface area contributed by atoms with Crippen molar-refractivity contribution in [3.8, 4) is 22.6 Å². The summed E-state index contributed by atoms with van der Waals surface area (Å²) < 4.78 is 11.4. The van der Waals surface area contributed by atoms with Crippen LogP contribution >= 0.6 is 11.3 Å². The lowest BCUT2D eigenvalue weighted by Gasteiger charge is -2.09. The number of nitrogens with zero attached hydrogens (tertiary/aromatic N) is 4. The van der Waals surface area contributed by atoms with Crippen LogP contribution < -0.4 is 10.9 Å². The number of para-hydroxylation sites is 1. The van der Waals surface area contributed by atoms with E-state index in [9.17, 15) is 4.79 Å². The van der Waals surface area contributed by atoms with Crippen molar-refractivity contribution in [1.29, 1.82) is 0 Å². The molecule has 0 radical (unpaired) electrons. The summed E-state index contributed by atoms with van der Waals surface area (Å²) in [5.74, 6) is 0. The molecule has 0 amide bonds. The lowest BCUT2D eigenvalue weighted by Crippen LogP contribution is -2.21. The van der Waals surface area contributed by atoms with Gasteiger partial charge in [-0.3, -0.25) is 9.48 Å². The van der Waals surface area contributed by atoms with Gasteiger partial charge in [-0.15, -0.1) is 11.3 Å². The highest BCUT2D eigenvalue weighted by Gasteiger charge is 2.23. The van der Waals surface area contributed by atoms with Gasteiger partial charge in [0.25, 0.3) is 5.56 Å². The highest BCUT2D eigenvalue weighted by molar-refractivity contribution is 7.14. The summed E-state index contributed by atoms with van der Waals surface area (Å²) in [7, 11) is 1.93. The summed E-state index contributed by atoms with van der Waals surface area (Å²) in [6, 6.07) is 11.9. The molecule has 0 bridgehead atoms. The molecule has 1 fully saturated rings. The molecule has 4 aromatic rings. The van der Waals surface area contributed by atoms with Crippen molar-refractivity contribution < 1.29 is 4.74 Å². The van der Waals surface area contributed by atoms with Crippen molar-refractivity contribution in [2.24, 2.45) is 7.05 Å². The highest BCUT2D eigenvalue weighted by atomic mass is 32.1. The van der Waals surface area contributed by atoms with Gasteiger partial charge in [-0.25, -0.2) is 9.67 Å². The molecule has 172 valence electrons. The predicted octanol–water partition coefficient (Wildman–Crippen LogP) is 4.61. The molecule has 1 N–H and O–H groups in total. The first-order chi connectivity index (χ1) is 16.0. The second kappa shape index (κ2) is 8.68. The molecule has 7 nitrogen and oxygen atoms in total. The second-order valence-corrected chi connectivity index (χ2v) is 9.44. The van der Waals surface area contributed by atoms with Crippen LogP contribution in [-0.4, -0.2) is 38.2 Å². The van der Waals surface area contributed by atoms with Crippen LogP contribution in [0.15, 0.2) is 46.6 Å². The zero-order valence-corrected chi connectivity index (χ0v) is 20.3. The summed E-state index contributed by atoms with van der Waals surface area (Å²) in [4.78, 5) is 18.4. The summed E-state index contributed by atoms with van der Waals surface area (Å²) in [6.45, 7) is 7.73. The molecular formula is C25H29N5O2S. The fraction of sp³-hybridized carbons (Fsp3) is 0.360. The third kappa shape index (κ3) is 3.83. The van der Waals surface area contributed by atoms with E-state index in [4.69, 9.17) is 9.72 Å². The zero-order valence-electron chi connectivity index (χ0n) is 19.5. The van der Waals surface area contributed by atoms with Crippen molar-refractivity contribution in [3.63, 3.8) is 0 Å². The minimum Gasteiger partial charge on any atom is -0.376 e. The summed E-state index contributed by atoms with van der Waals surface area (Å²) >= 11 is 1.60. The third-order valence-electron chi connectivity index (χ3n) is 6.46. The van der Waals surface area contributed by atoms with Crippen molar-refractivity contribution >= 4 is 16.5 Å². The molecule has 33 heavy (non-hydrogen) atoms. The van der Waals surface area contributed by atoms with Crippen LogP contribution in [0, 0.1) is 20.8 Å². The number of anilines is 1. The summed E-state index contributed by atoms with van der Waals surface area (Å²) in [6.07, 6.45) is 2.51. The minimum atomic E-state index is -0.0354. The van der Waals surface area contributed by atoms with E-state index in [1.807, 2.05) is 55.9 Å². The number of hydrogen-bond acceptors (Lipinski definition) is 5. The quantitative estimate of drug-likeness (QED) is 0.454. The molecule has 0 unspecified atom stereocenters. The van der Waals surface area contributed by atoms with Gasteiger partial charge < -0.3 is 14.6 Å². The lowest BCUT2D eigenvalue weighted by atomic mass is 10.2. The van der Waals surface area contributed by atoms with E-state index in [-0.39, 0.29) is 11.7 Å². The first kappa shape index (κ1) is 21.7. The normalized spacial score (nSPS) is 15.9. The molecule has 4 heterocycles. The van der Waals surface area contributed by atoms with Crippen LogP contribution in [0.2, 0.25) is 0 Å². The first-order valence-corrected chi connectivity index (χ1v) is 12.2. The average Bonchev–Trinajstić information content (AvgIpc) is 3.58. The maximum atomic E-state index is 13.6. The van der Waals surface area contributed by atoms with Crippen LogP contribution in [0.1, 0.15) is 29.9 Å². The highest BCUT2D eigenvalue weighted by Crippen LogP contribution is 2.32. The molecule has 1 aliphatic rings. The molecule has 8 heteroatoms. The molecule has 0 saturated carbocycles. The van der Waals surface area contributed by atoms with E-state index in [1.54, 1.807) is 16.0 Å². The SMILES string of the molecule is Cc1cc(-c2csc(NC[C@@H]3CCCO3)n2)c(C)n1-c1c(C)n(C)n(-c2ccccc2)c1=O. The van der Waals surface area contributed by atoms with Crippen molar-refractivity contribution in [2.75, 3.05) is 18.5 Å². The number of thiazole rings is 1. The molecule has 5 rings (SSSR count). The number of ether oxygens (including phenoxy) is 1. The molecule has 0 spiro atoms. The van der Waals surface area contributed by atoms with Crippen LogP contribution in [0.25, 0.3) is 22.6 Å². The van der Waals surface area contributed by atoms with Gasteiger partial charge >= 0.3 is 0 Å². The van der Waals surface area contributed by atoms with E-state index in [1.165, 1.54) is 0 Å². The Kier molecular flexibility index (Phi) is 5.72. The van der Waals surface area contributed by atoms with Crippen molar-refractivity contribution in [1.82, 2.24) is 18.9 Å². The second-order valence-electron chi connectivity index (χ2n) is 8.58. The topological polar surface area (TPSA) is 66.0 Å². The number of benzene rings is 1. The van der Waals surface area contributed by atoms with Gasteiger partial charge in [-0.1, -0.05) is 18.2 Å². The Hall–Kier alpha value is -3.10. The number of hydrogen-bond donors (Lipinski definition) is 1. The molecule has 1 aliphatic heterocycles. The van der Waals surface area contributed by atoms with Gasteiger partial charge in [-0.2, -0.15) is 0 Å². The van der Waals surface area contributed by atoms with E-state index < -0.39 is 0 Å². The van der Waals surface area contributed by atoms with Gasteiger partial charge in [0.05, 0.1) is 23.2 Å². The van der Waals surface area contributed by atoms with Crippen molar-refractivity contribution in [2.45, 2.75) is 39.7 Å². The smallest absolute Gasteiger partial charge is 0.295 e. The van der Waals surface area contributed by atoms with Gasteiger partial charge in [0.2, 0.25) is 0 Å². The van der Waals surface area contributed by atoms with E-state index in [0.29, 0.717) is 5.69 Å². The monoisotopic (exact) mass is 463 g/mol. The van der Waals surface area contributed by atoms with Gasteiger partial charge in [0.15, 0.2) is 5.13 Å². The Balaban J connectivity index is 1.50. The van der Waals surface area contributed by atoms with Crippen LogP contribution in [0.5, 0.6) is 0 Å². The Labute approximate surface area is 197 Å². The van der Waals surface area contributed by atoms with Crippen LogP contribution in [-0.2, 0) is 11.8 Å². The van der Waals surface area contributed by atoms with E-state index in [0.717, 1.165) is 65.2 Å². The van der Waals surface area contributed by atoms with Gasteiger partial charge in [-0.05, 0) is 51.8 Å². The predicted molar refractivity (Wildman–Crippen MR) is 133 cm³/mol. The van der Waals surface area contributed by atoms with Crippen molar-refractivity contribution in [3.05, 3.63) is 69.2 Å². The fourth-order valence-corrected chi connectivity index (χ4v) is 5.38. The maximum absolute atomic E-state index is 13.6. The molecule has 3 aromatic heterocycles. The minimum absolute atomic E-state index is 0.0354. The van der Waals surface area contributed by atoms with Crippen LogP contribution in [0.4, 0.5) is 5.13 Å². The summed E-state index contributed by atoms with van der Waals surface area (Å²) in [5, 5.41) is 6.38. The Morgan fingerprint density at radius 1 is 1.18 bits per heavy atom. The lowest BCUT2D eigenvalue weighted by molar-refractivity contribution is 0.120. The van der Waals surface area contributed by atoms with Gasteiger partial charge in [0.1, 0.15) is 5.69 Å². The van der Waals surface area contributed by atoms with E-state index in [2.05, 4.69) is 28.3 Å². The zero-order chi connectivity index (χ0) is 23.1. The molecule has 0 aliphatic carbocycles. The Morgan fingerprint density at radius 3 is 2.70 bits per heavy atom. The molecule has 1 aromatic carbocycles. The Bertz CT molecular complexity index is 1340. The largest absolute Gasteiger partial charge is 0.376 e. The first-order valence-electron chi connectivity index (χ1n) is 11.3. The van der Waals surface area contributed by atoms with E-state index >= 15 is 0 Å². The fourth-order valence-electron chi connectivity index (χ4n) is 4.66. The van der Waals surface area contributed by atoms with Crippen LogP contribution in [0.3, 0.4) is 0 Å². The number of rotatable bonds is 6. The molecule has 1 atom stereocenters. The Morgan fingerprint density at radius 2 is 1.97 bits per heavy atom.